The second-order valence-electron chi connectivity index (χ2n) is 5.61. The number of carbonyl (C=O) groups is 1. The van der Waals surface area contributed by atoms with Crippen LogP contribution in [0.2, 0.25) is 0 Å². The smallest absolute Gasteiger partial charge is 0.231 e. The molecule has 148 valence electrons. The Morgan fingerprint density at radius 3 is 2.93 bits per heavy atom. The maximum Gasteiger partial charge on any atom is 0.231 e. The van der Waals surface area contributed by atoms with Crippen LogP contribution in [0.5, 0.6) is 11.5 Å². The molecule has 0 bridgehead atoms. The molecule has 28 heavy (non-hydrogen) atoms. The summed E-state index contributed by atoms with van der Waals surface area (Å²) in [6.07, 6.45) is 4.88. The van der Waals surface area contributed by atoms with Crippen LogP contribution in [0.1, 0.15) is 13.3 Å². The summed E-state index contributed by atoms with van der Waals surface area (Å²) in [5.41, 5.74) is 5.80. The lowest BCUT2D eigenvalue weighted by molar-refractivity contribution is -0.120. The van der Waals surface area contributed by atoms with Crippen molar-refractivity contribution >= 4 is 46.1 Å². The summed E-state index contributed by atoms with van der Waals surface area (Å²) in [7, 11) is 0. The molecule has 0 unspecified atom stereocenters. The maximum atomic E-state index is 11.5. The molecular weight excluding hydrogens is 495 g/mol. The molecule has 0 saturated carbocycles. The Hall–Kier alpha value is -2.28. The molecule has 1 aromatic carbocycles. The van der Waals surface area contributed by atoms with Gasteiger partial charge < -0.3 is 25.1 Å². The fourth-order valence-corrected chi connectivity index (χ4v) is 3.89. The zero-order valence-electron chi connectivity index (χ0n) is 15.1. The van der Waals surface area contributed by atoms with E-state index >= 15 is 0 Å². The monoisotopic (exact) mass is 514 g/mol. The molecule has 3 rings (SSSR count). The molecule has 11 heteroatoms. The van der Waals surface area contributed by atoms with E-state index in [0.717, 1.165) is 14.2 Å². The number of nitrogens with two attached hydrogens (primary N) is 1. The van der Waals surface area contributed by atoms with Crippen LogP contribution in [0.25, 0.3) is 0 Å². The summed E-state index contributed by atoms with van der Waals surface area (Å²) in [6.45, 7) is 2.97. The largest absolute Gasteiger partial charge is 0.454 e. The predicted octanol–water partition coefficient (Wildman–Crippen LogP) is 2.39. The molecule has 0 saturated heterocycles. The molecule has 0 atom stereocenters. The molecule has 2 heterocycles. The van der Waals surface area contributed by atoms with Crippen molar-refractivity contribution < 1.29 is 14.3 Å². The molecular formula is C17H19IN6O3S. The highest BCUT2D eigenvalue weighted by Crippen LogP contribution is 2.40. The van der Waals surface area contributed by atoms with E-state index in [9.17, 15) is 4.79 Å². The van der Waals surface area contributed by atoms with Gasteiger partial charge in [0.05, 0.1) is 12.5 Å². The van der Waals surface area contributed by atoms with E-state index in [1.54, 1.807) is 6.33 Å². The van der Waals surface area contributed by atoms with Crippen LogP contribution < -0.4 is 20.5 Å². The van der Waals surface area contributed by atoms with Crippen LogP contribution in [-0.2, 0) is 11.3 Å². The number of ether oxygens (including phenoxy) is 2. The van der Waals surface area contributed by atoms with E-state index in [2.05, 4.69) is 42.9 Å². The summed E-state index contributed by atoms with van der Waals surface area (Å²) in [6, 6.07) is 3.84. The zero-order chi connectivity index (χ0) is 19.9. The number of anilines is 1. The summed E-state index contributed by atoms with van der Waals surface area (Å²) in [5.74, 6) is 1.66. The third-order valence-electron chi connectivity index (χ3n) is 3.66. The Morgan fingerprint density at radius 2 is 2.14 bits per heavy atom. The van der Waals surface area contributed by atoms with Crippen molar-refractivity contribution in [3.8, 4) is 11.5 Å². The molecule has 9 nitrogen and oxygen atoms in total. The van der Waals surface area contributed by atoms with Gasteiger partial charge in [0, 0.05) is 28.0 Å². The van der Waals surface area contributed by atoms with Crippen LogP contribution >= 0.6 is 34.4 Å². The lowest BCUT2D eigenvalue weighted by atomic mass is 10.3. The SMILES string of the molecule is CCC(=O)NCCn1cncnc(N)cnc1Sc1cc2c(cc1I)OCO2. The number of hydrogen-bond acceptors (Lipinski definition) is 8. The van der Waals surface area contributed by atoms with Crippen molar-refractivity contribution in [1.29, 1.82) is 0 Å². The van der Waals surface area contributed by atoms with E-state index in [4.69, 9.17) is 15.2 Å². The van der Waals surface area contributed by atoms with E-state index in [-0.39, 0.29) is 18.5 Å². The molecule has 2 aromatic rings. The van der Waals surface area contributed by atoms with Gasteiger partial charge in [0.2, 0.25) is 12.7 Å². The first-order valence-corrected chi connectivity index (χ1v) is 10.4. The minimum absolute atomic E-state index is 0.0108. The van der Waals surface area contributed by atoms with Gasteiger partial charge in [-0.05, 0) is 34.7 Å². The summed E-state index contributed by atoms with van der Waals surface area (Å²) in [5, 5.41) is 3.49. The van der Waals surface area contributed by atoms with Gasteiger partial charge in [0.25, 0.3) is 0 Å². The number of hydrogen-bond donors (Lipinski definition) is 2. The fraction of sp³-hybridized carbons (Fsp3) is 0.294. The molecule has 1 aliphatic rings. The highest BCUT2D eigenvalue weighted by Gasteiger charge is 2.17. The third kappa shape index (κ3) is 5.38. The summed E-state index contributed by atoms with van der Waals surface area (Å²) < 4.78 is 13.7. The van der Waals surface area contributed by atoms with Gasteiger partial charge in [0.1, 0.15) is 12.1 Å². The lowest BCUT2D eigenvalue weighted by Crippen LogP contribution is -2.26. The molecule has 0 radical (unpaired) electrons. The number of carbonyl (C=O) groups excluding carboxylic acids is 1. The predicted molar refractivity (Wildman–Crippen MR) is 113 cm³/mol. The summed E-state index contributed by atoms with van der Waals surface area (Å²) >= 11 is 3.68. The van der Waals surface area contributed by atoms with Crippen molar-refractivity contribution in [2.75, 3.05) is 19.1 Å². The van der Waals surface area contributed by atoms with Gasteiger partial charge >= 0.3 is 0 Å². The first-order valence-electron chi connectivity index (χ1n) is 8.46. The normalized spacial score (nSPS) is 11.8. The second-order valence-corrected chi connectivity index (χ2v) is 7.78. The zero-order valence-corrected chi connectivity index (χ0v) is 18.1. The average Bonchev–Trinajstić information content (AvgIpc) is 3.15. The number of aromatic nitrogens is 4. The lowest BCUT2D eigenvalue weighted by Gasteiger charge is -2.11. The maximum absolute atomic E-state index is 11.5. The minimum atomic E-state index is -0.0108. The topological polar surface area (TPSA) is 117 Å². The number of halogens is 1. The first-order chi connectivity index (χ1) is 13.6. The highest BCUT2D eigenvalue weighted by molar-refractivity contribution is 14.1. The number of nitrogens with one attached hydrogen (secondary N) is 1. The van der Waals surface area contributed by atoms with Crippen LogP contribution in [0.15, 0.2) is 41.0 Å². The number of fused-ring (bicyclic) bond motifs is 1. The summed E-state index contributed by atoms with van der Waals surface area (Å²) in [4.78, 5) is 25.1. The Kier molecular flexibility index (Phi) is 7.14. The molecule has 3 N–H and O–H groups in total. The molecule has 0 spiro atoms. The van der Waals surface area contributed by atoms with E-state index in [1.807, 2.05) is 23.6 Å². The minimum Gasteiger partial charge on any atom is -0.454 e. The molecule has 0 fully saturated rings. The Bertz CT molecular complexity index is 922. The van der Waals surface area contributed by atoms with E-state index in [0.29, 0.717) is 30.4 Å². The average molecular weight is 514 g/mol. The van der Waals surface area contributed by atoms with Crippen LogP contribution in [0.4, 0.5) is 5.82 Å². The fourth-order valence-electron chi connectivity index (χ4n) is 2.24. The number of nitrogens with zero attached hydrogens (tertiary/aromatic N) is 4. The Morgan fingerprint density at radius 1 is 1.36 bits per heavy atom. The van der Waals surface area contributed by atoms with Gasteiger partial charge in [-0.1, -0.05) is 18.7 Å². The van der Waals surface area contributed by atoms with Crippen molar-refractivity contribution in [2.24, 2.45) is 0 Å². The number of amides is 1. The highest BCUT2D eigenvalue weighted by atomic mass is 127. The quantitative estimate of drug-likeness (QED) is 0.565. The van der Waals surface area contributed by atoms with Crippen molar-refractivity contribution in [3.05, 3.63) is 34.6 Å². The molecule has 0 aliphatic carbocycles. The molecule has 1 aliphatic heterocycles. The third-order valence-corrected chi connectivity index (χ3v) is 6.00. The van der Waals surface area contributed by atoms with Gasteiger partial charge in [-0.25, -0.2) is 15.0 Å². The van der Waals surface area contributed by atoms with E-state index < -0.39 is 0 Å². The van der Waals surface area contributed by atoms with Crippen LogP contribution in [-0.4, -0.2) is 38.8 Å². The number of benzene rings is 1. The van der Waals surface area contributed by atoms with Crippen LogP contribution in [0.3, 0.4) is 0 Å². The van der Waals surface area contributed by atoms with Crippen molar-refractivity contribution in [3.63, 3.8) is 0 Å². The first kappa shape index (κ1) is 20.5. The van der Waals surface area contributed by atoms with Crippen LogP contribution in [0, 0.1) is 3.57 Å². The molecule has 1 amide bonds. The number of rotatable bonds is 6. The standard InChI is InChI=1S/C17H19IN6O3S/c1-2-16(25)21-3-4-24-9-20-8-23-15(19)7-22-17(24)28-14-6-13-12(5-11(14)18)26-10-27-13/h5-9H,2-4,10,19H2,1H3,(H,21,25). The van der Waals surface area contributed by atoms with Gasteiger partial charge in [-0.15, -0.1) is 0 Å². The number of nitrogen functional groups attached to an aromatic ring is 1. The van der Waals surface area contributed by atoms with Gasteiger partial charge in [0.15, 0.2) is 16.7 Å². The molecule has 1 aromatic heterocycles. The Balaban J connectivity index is 1.93. The second kappa shape index (κ2) is 9.78. The Labute approximate surface area is 179 Å². The van der Waals surface area contributed by atoms with E-state index in [1.165, 1.54) is 24.3 Å². The van der Waals surface area contributed by atoms with Crippen molar-refractivity contribution in [2.45, 2.75) is 29.9 Å². The van der Waals surface area contributed by atoms with Crippen molar-refractivity contribution in [1.82, 2.24) is 24.8 Å². The van der Waals surface area contributed by atoms with Gasteiger partial charge in [-0.3, -0.25) is 4.79 Å². The van der Waals surface area contributed by atoms with Gasteiger partial charge in [-0.2, -0.15) is 0 Å².